The lowest BCUT2D eigenvalue weighted by Gasteiger charge is -2.30. The molecule has 1 heterocycles. The van der Waals surface area contributed by atoms with Crippen LogP contribution in [0.5, 0.6) is 0 Å². The van der Waals surface area contributed by atoms with Crippen molar-refractivity contribution >= 4 is 5.69 Å². The highest BCUT2D eigenvalue weighted by atomic mass is 15.2. The molecule has 1 saturated heterocycles. The molecular weight excluding hydrogens is 208 g/mol. The summed E-state index contributed by atoms with van der Waals surface area (Å²) in [7, 11) is 1.99. The molecule has 2 nitrogen and oxygen atoms in total. The Labute approximate surface area is 105 Å². The Hall–Kier alpha value is -1.02. The molecule has 1 aromatic carbocycles. The van der Waals surface area contributed by atoms with E-state index in [-0.39, 0.29) is 0 Å². The van der Waals surface area contributed by atoms with Crippen LogP contribution in [-0.2, 0) is 6.54 Å². The molecule has 0 aliphatic carbocycles. The molecule has 2 unspecified atom stereocenters. The van der Waals surface area contributed by atoms with Crippen molar-refractivity contribution in [2.24, 2.45) is 0 Å². The van der Waals surface area contributed by atoms with Crippen LogP contribution in [0.15, 0.2) is 24.3 Å². The highest BCUT2D eigenvalue weighted by Gasteiger charge is 2.29. The maximum absolute atomic E-state index is 3.19. The van der Waals surface area contributed by atoms with E-state index in [9.17, 15) is 0 Å². The van der Waals surface area contributed by atoms with Crippen molar-refractivity contribution in [3.8, 4) is 0 Å². The SMILES string of the molecule is CCC1CCC(C)N1c1ccc(CNC)cc1. The second-order valence-corrected chi connectivity index (χ2v) is 5.09. The highest BCUT2D eigenvalue weighted by Crippen LogP contribution is 2.31. The van der Waals surface area contributed by atoms with E-state index in [4.69, 9.17) is 0 Å². The van der Waals surface area contributed by atoms with E-state index >= 15 is 0 Å². The normalized spacial score (nSPS) is 24.3. The predicted molar refractivity (Wildman–Crippen MR) is 74.5 cm³/mol. The average Bonchev–Trinajstić information content (AvgIpc) is 2.72. The standard InChI is InChI=1S/C15H24N2/c1-4-14-8-5-12(2)17(14)15-9-6-13(7-10-15)11-16-3/h6-7,9-10,12,14,16H,4-5,8,11H2,1-3H3. The van der Waals surface area contributed by atoms with Gasteiger partial charge in [0.05, 0.1) is 0 Å². The fourth-order valence-electron chi connectivity index (χ4n) is 2.93. The number of nitrogens with zero attached hydrogens (tertiary/aromatic N) is 1. The zero-order valence-electron chi connectivity index (χ0n) is 11.2. The van der Waals surface area contributed by atoms with E-state index in [1.54, 1.807) is 0 Å². The molecule has 1 aromatic rings. The van der Waals surface area contributed by atoms with Crippen molar-refractivity contribution in [1.82, 2.24) is 5.32 Å². The Morgan fingerprint density at radius 2 is 1.94 bits per heavy atom. The second kappa shape index (κ2) is 5.54. The third kappa shape index (κ3) is 2.63. The molecule has 0 amide bonds. The molecule has 2 heteroatoms. The minimum Gasteiger partial charge on any atom is -0.366 e. The molecule has 0 radical (unpaired) electrons. The van der Waals surface area contributed by atoms with Gasteiger partial charge in [-0.05, 0) is 50.9 Å². The Morgan fingerprint density at radius 1 is 1.24 bits per heavy atom. The van der Waals surface area contributed by atoms with Crippen LogP contribution in [0.2, 0.25) is 0 Å². The Bertz CT molecular complexity index is 344. The van der Waals surface area contributed by atoms with Crippen LogP contribution in [0.4, 0.5) is 5.69 Å². The van der Waals surface area contributed by atoms with Gasteiger partial charge in [-0.3, -0.25) is 0 Å². The van der Waals surface area contributed by atoms with Gasteiger partial charge in [-0.15, -0.1) is 0 Å². The van der Waals surface area contributed by atoms with Gasteiger partial charge >= 0.3 is 0 Å². The number of rotatable bonds is 4. The zero-order valence-corrected chi connectivity index (χ0v) is 11.2. The summed E-state index contributed by atoms with van der Waals surface area (Å²) in [6.45, 7) is 5.59. The first kappa shape index (κ1) is 12.4. The third-order valence-corrected chi connectivity index (χ3v) is 3.87. The van der Waals surface area contributed by atoms with Crippen molar-refractivity contribution in [3.05, 3.63) is 29.8 Å². The van der Waals surface area contributed by atoms with Gasteiger partial charge in [0.1, 0.15) is 0 Å². The topological polar surface area (TPSA) is 15.3 Å². The molecule has 2 rings (SSSR count). The smallest absolute Gasteiger partial charge is 0.0371 e. The summed E-state index contributed by atoms with van der Waals surface area (Å²) in [6.07, 6.45) is 3.93. The van der Waals surface area contributed by atoms with Crippen LogP contribution in [0, 0.1) is 0 Å². The molecule has 1 fully saturated rings. The number of nitrogens with one attached hydrogen (secondary N) is 1. The number of hydrogen-bond acceptors (Lipinski definition) is 2. The molecule has 1 aliphatic heterocycles. The van der Waals surface area contributed by atoms with Gasteiger partial charge in [-0.2, -0.15) is 0 Å². The van der Waals surface area contributed by atoms with Crippen LogP contribution in [0.25, 0.3) is 0 Å². The molecule has 2 atom stereocenters. The average molecular weight is 232 g/mol. The molecule has 0 aromatic heterocycles. The summed E-state index contributed by atoms with van der Waals surface area (Å²) >= 11 is 0. The Kier molecular flexibility index (Phi) is 4.06. The van der Waals surface area contributed by atoms with Crippen molar-refractivity contribution in [1.29, 1.82) is 0 Å². The van der Waals surface area contributed by atoms with Crippen molar-refractivity contribution in [3.63, 3.8) is 0 Å². The van der Waals surface area contributed by atoms with E-state index in [1.165, 1.54) is 30.5 Å². The maximum Gasteiger partial charge on any atom is 0.0371 e. The third-order valence-electron chi connectivity index (χ3n) is 3.87. The quantitative estimate of drug-likeness (QED) is 0.857. The minimum atomic E-state index is 0.690. The number of benzene rings is 1. The van der Waals surface area contributed by atoms with Gasteiger partial charge in [0, 0.05) is 24.3 Å². The lowest BCUT2D eigenvalue weighted by atomic mass is 10.1. The van der Waals surface area contributed by atoms with Gasteiger partial charge in [-0.25, -0.2) is 0 Å². The Balaban J connectivity index is 2.15. The van der Waals surface area contributed by atoms with Gasteiger partial charge in [-0.1, -0.05) is 19.1 Å². The van der Waals surface area contributed by atoms with Crippen molar-refractivity contribution in [2.75, 3.05) is 11.9 Å². The zero-order chi connectivity index (χ0) is 12.3. The van der Waals surface area contributed by atoms with Gasteiger partial charge < -0.3 is 10.2 Å². The van der Waals surface area contributed by atoms with E-state index < -0.39 is 0 Å². The van der Waals surface area contributed by atoms with E-state index in [1.807, 2.05) is 7.05 Å². The summed E-state index contributed by atoms with van der Waals surface area (Å²) in [6, 6.07) is 10.5. The van der Waals surface area contributed by atoms with Crippen LogP contribution >= 0.6 is 0 Å². The van der Waals surface area contributed by atoms with E-state index in [0.717, 1.165) is 12.6 Å². The molecule has 1 aliphatic rings. The first-order valence-electron chi connectivity index (χ1n) is 6.78. The van der Waals surface area contributed by atoms with Crippen LogP contribution in [-0.4, -0.2) is 19.1 Å². The summed E-state index contributed by atoms with van der Waals surface area (Å²) < 4.78 is 0. The van der Waals surface area contributed by atoms with Crippen LogP contribution in [0.1, 0.15) is 38.7 Å². The molecule has 0 bridgehead atoms. The fourth-order valence-corrected chi connectivity index (χ4v) is 2.93. The fraction of sp³-hybridized carbons (Fsp3) is 0.600. The molecule has 94 valence electrons. The second-order valence-electron chi connectivity index (χ2n) is 5.09. The number of anilines is 1. The minimum absolute atomic E-state index is 0.690. The van der Waals surface area contributed by atoms with E-state index in [0.29, 0.717) is 6.04 Å². The predicted octanol–water partition coefficient (Wildman–Crippen LogP) is 3.17. The molecule has 0 spiro atoms. The lowest BCUT2D eigenvalue weighted by Crippen LogP contribution is -2.33. The van der Waals surface area contributed by atoms with Crippen molar-refractivity contribution < 1.29 is 0 Å². The monoisotopic (exact) mass is 232 g/mol. The summed E-state index contributed by atoms with van der Waals surface area (Å²) in [5.41, 5.74) is 2.75. The van der Waals surface area contributed by atoms with Gasteiger partial charge in [0.2, 0.25) is 0 Å². The van der Waals surface area contributed by atoms with Gasteiger partial charge in [0.25, 0.3) is 0 Å². The maximum atomic E-state index is 3.19. The number of hydrogen-bond donors (Lipinski definition) is 1. The molecular formula is C15H24N2. The molecule has 0 saturated carbocycles. The first-order valence-corrected chi connectivity index (χ1v) is 6.78. The van der Waals surface area contributed by atoms with Crippen LogP contribution in [0.3, 0.4) is 0 Å². The largest absolute Gasteiger partial charge is 0.366 e. The molecule has 1 N–H and O–H groups in total. The van der Waals surface area contributed by atoms with Gasteiger partial charge in [0.15, 0.2) is 0 Å². The highest BCUT2D eigenvalue weighted by molar-refractivity contribution is 5.50. The summed E-state index contributed by atoms with van der Waals surface area (Å²) in [5.74, 6) is 0. The molecule has 17 heavy (non-hydrogen) atoms. The van der Waals surface area contributed by atoms with Crippen LogP contribution < -0.4 is 10.2 Å². The first-order chi connectivity index (χ1) is 8.26. The summed E-state index contributed by atoms with van der Waals surface area (Å²) in [4.78, 5) is 2.60. The van der Waals surface area contributed by atoms with Crippen molar-refractivity contribution in [2.45, 2.75) is 51.7 Å². The summed E-state index contributed by atoms with van der Waals surface area (Å²) in [5, 5.41) is 3.19. The Morgan fingerprint density at radius 3 is 2.53 bits per heavy atom. The van der Waals surface area contributed by atoms with E-state index in [2.05, 4.69) is 48.3 Å². The lowest BCUT2D eigenvalue weighted by molar-refractivity contribution is 0.628.